The number of benzene rings is 3. The zero-order chi connectivity index (χ0) is 28.0. The van der Waals surface area contributed by atoms with Crippen LogP contribution in [-0.2, 0) is 26.2 Å². The smallest absolute Gasteiger partial charge is 0.264 e. The summed E-state index contributed by atoms with van der Waals surface area (Å²) in [6.45, 7) is 4.64. The predicted molar refractivity (Wildman–Crippen MR) is 152 cm³/mol. The summed E-state index contributed by atoms with van der Waals surface area (Å²) in [6.07, 6.45) is 0. The molecule has 0 saturated heterocycles. The van der Waals surface area contributed by atoms with E-state index in [2.05, 4.69) is 5.32 Å². The van der Waals surface area contributed by atoms with E-state index in [1.807, 2.05) is 13.8 Å². The van der Waals surface area contributed by atoms with Crippen LogP contribution in [0.25, 0.3) is 0 Å². The molecule has 0 bridgehead atoms. The number of carbonyl (C=O) groups excluding carboxylic acids is 2. The Morgan fingerprint density at radius 3 is 2.08 bits per heavy atom. The molecule has 3 aromatic carbocycles. The van der Waals surface area contributed by atoms with Crippen molar-refractivity contribution in [2.75, 3.05) is 10.8 Å². The highest BCUT2D eigenvalue weighted by Gasteiger charge is 2.33. The Kier molecular flexibility index (Phi) is 10.1. The van der Waals surface area contributed by atoms with Gasteiger partial charge in [-0.1, -0.05) is 65.1 Å². The normalized spacial score (nSPS) is 12.2. The minimum Gasteiger partial charge on any atom is -0.352 e. The first-order valence-electron chi connectivity index (χ1n) is 11.8. The SMILES string of the molecule is CC(C)NC(=O)C(C)N(Cc1ccc(Cl)cc1)C(=O)CN(c1cc(Cl)ccc1Cl)S(=O)(=O)c1ccccc1. The third-order valence-electron chi connectivity index (χ3n) is 5.65. The summed E-state index contributed by atoms with van der Waals surface area (Å²) in [6, 6.07) is 17.8. The van der Waals surface area contributed by atoms with Crippen LogP contribution in [0.15, 0.2) is 77.7 Å². The number of halogens is 3. The summed E-state index contributed by atoms with van der Waals surface area (Å²) in [5.74, 6) is -0.984. The summed E-state index contributed by atoms with van der Waals surface area (Å²) >= 11 is 18.6. The van der Waals surface area contributed by atoms with E-state index in [1.54, 1.807) is 49.4 Å². The molecule has 1 unspecified atom stereocenters. The van der Waals surface area contributed by atoms with Gasteiger partial charge in [-0.2, -0.15) is 0 Å². The molecule has 7 nitrogen and oxygen atoms in total. The molecule has 11 heteroatoms. The fourth-order valence-electron chi connectivity index (χ4n) is 3.68. The number of hydrogen-bond donors (Lipinski definition) is 1. The number of nitrogens with zero attached hydrogens (tertiary/aromatic N) is 2. The molecule has 0 aromatic heterocycles. The fourth-order valence-corrected chi connectivity index (χ4v) is 5.69. The van der Waals surface area contributed by atoms with Gasteiger partial charge in [-0.3, -0.25) is 13.9 Å². The maximum absolute atomic E-state index is 13.8. The van der Waals surface area contributed by atoms with Gasteiger partial charge in [0.1, 0.15) is 12.6 Å². The number of hydrogen-bond acceptors (Lipinski definition) is 4. The first-order chi connectivity index (χ1) is 17.9. The molecular formula is C27H28Cl3N3O4S. The van der Waals surface area contributed by atoms with Crippen LogP contribution in [0.5, 0.6) is 0 Å². The second-order valence-corrected chi connectivity index (χ2v) is 12.1. The third kappa shape index (κ3) is 7.41. The lowest BCUT2D eigenvalue weighted by atomic mass is 10.1. The lowest BCUT2D eigenvalue weighted by molar-refractivity contribution is -0.139. The van der Waals surface area contributed by atoms with Gasteiger partial charge in [0.05, 0.1) is 15.6 Å². The average Bonchev–Trinajstić information content (AvgIpc) is 2.88. The molecule has 0 spiro atoms. The van der Waals surface area contributed by atoms with E-state index in [4.69, 9.17) is 34.8 Å². The van der Waals surface area contributed by atoms with Gasteiger partial charge in [0.25, 0.3) is 10.0 Å². The Morgan fingerprint density at radius 2 is 1.47 bits per heavy atom. The Hall–Kier alpha value is -2.78. The van der Waals surface area contributed by atoms with Gasteiger partial charge >= 0.3 is 0 Å². The van der Waals surface area contributed by atoms with Crippen LogP contribution in [0.2, 0.25) is 15.1 Å². The molecule has 0 heterocycles. The lowest BCUT2D eigenvalue weighted by Gasteiger charge is -2.32. The van der Waals surface area contributed by atoms with Gasteiger partial charge < -0.3 is 10.2 Å². The zero-order valence-corrected chi connectivity index (χ0v) is 24.2. The van der Waals surface area contributed by atoms with E-state index in [9.17, 15) is 18.0 Å². The molecule has 0 saturated carbocycles. The van der Waals surface area contributed by atoms with Crippen molar-refractivity contribution in [3.8, 4) is 0 Å². The number of anilines is 1. The van der Waals surface area contributed by atoms with Crippen LogP contribution in [0, 0.1) is 0 Å². The van der Waals surface area contributed by atoms with Crippen LogP contribution in [0.4, 0.5) is 5.69 Å². The maximum Gasteiger partial charge on any atom is 0.264 e. The van der Waals surface area contributed by atoms with Crippen molar-refractivity contribution in [1.82, 2.24) is 10.2 Å². The zero-order valence-electron chi connectivity index (χ0n) is 21.1. The van der Waals surface area contributed by atoms with Crippen molar-refractivity contribution in [2.24, 2.45) is 0 Å². The van der Waals surface area contributed by atoms with Gasteiger partial charge in [-0.15, -0.1) is 0 Å². The molecule has 1 N–H and O–H groups in total. The van der Waals surface area contributed by atoms with Crippen LogP contribution < -0.4 is 9.62 Å². The fraction of sp³-hybridized carbons (Fsp3) is 0.259. The topological polar surface area (TPSA) is 86.8 Å². The third-order valence-corrected chi connectivity index (χ3v) is 8.23. The average molecular weight is 597 g/mol. The number of nitrogens with one attached hydrogen (secondary N) is 1. The quantitative estimate of drug-likeness (QED) is 0.321. The van der Waals surface area contributed by atoms with Gasteiger partial charge in [0.15, 0.2) is 0 Å². The first kappa shape index (κ1) is 29.8. The summed E-state index contributed by atoms with van der Waals surface area (Å²) in [4.78, 5) is 28.1. The van der Waals surface area contributed by atoms with E-state index in [1.165, 1.54) is 35.2 Å². The molecule has 0 aliphatic carbocycles. The highest BCUT2D eigenvalue weighted by molar-refractivity contribution is 7.92. The molecule has 0 aliphatic heterocycles. The van der Waals surface area contributed by atoms with Crippen molar-refractivity contribution < 1.29 is 18.0 Å². The minimum atomic E-state index is -4.24. The highest BCUT2D eigenvalue weighted by atomic mass is 35.5. The van der Waals surface area contributed by atoms with E-state index < -0.39 is 28.5 Å². The Labute approximate surface area is 238 Å². The molecule has 3 aromatic rings. The van der Waals surface area contributed by atoms with Crippen LogP contribution in [-0.4, -0.2) is 43.8 Å². The molecule has 0 radical (unpaired) electrons. The second-order valence-electron chi connectivity index (χ2n) is 8.91. The second kappa shape index (κ2) is 12.8. The molecule has 2 amide bonds. The summed E-state index contributed by atoms with van der Waals surface area (Å²) < 4.78 is 28.4. The molecular weight excluding hydrogens is 569 g/mol. The van der Waals surface area contributed by atoms with E-state index in [-0.39, 0.29) is 39.1 Å². The Balaban J connectivity index is 2.06. The number of rotatable bonds is 10. The molecule has 0 aliphatic rings. The van der Waals surface area contributed by atoms with E-state index >= 15 is 0 Å². The van der Waals surface area contributed by atoms with E-state index in [0.29, 0.717) is 10.6 Å². The summed E-state index contributed by atoms with van der Waals surface area (Å²) in [7, 11) is -4.24. The summed E-state index contributed by atoms with van der Waals surface area (Å²) in [5.41, 5.74) is 0.757. The molecule has 38 heavy (non-hydrogen) atoms. The number of sulfonamides is 1. The van der Waals surface area contributed by atoms with Gasteiger partial charge in [-0.05, 0) is 68.8 Å². The van der Waals surface area contributed by atoms with Crippen molar-refractivity contribution in [3.05, 3.63) is 93.4 Å². The predicted octanol–water partition coefficient (Wildman–Crippen LogP) is 5.78. The standard InChI is InChI=1S/C27H28Cl3N3O4S/c1-18(2)31-27(35)19(3)32(16-20-9-11-21(28)12-10-20)26(34)17-33(25-15-22(29)13-14-24(25)30)38(36,37)23-7-5-4-6-8-23/h4-15,18-19H,16-17H2,1-3H3,(H,31,35). The molecule has 3 rings (SSSR count). The van der Waals surface area contributed by atoms with Crippen molar-refractivity contribution in [1.29, 1.82) is 0 Å². The summed E-state index contributed by atoms with van der Waals surface area (Å²) in [5, 5.41) is 3.66. The van der Waals surface area contributed by atoms with Crippen LogP contribution in [0.3, 0.4) is 0 Å². The van der Waals surface area contributed by atoms with Crippen molar-refractivity contribution in [3.63, 3.8) is 0 Å². The Bertz CT molecular complexity index is 1380. The van der Waals surface area contributed by atoms with Gasteiger partial charge in [0, 0.05) is 22.6 Å². The van der Waals surface area contributed by atoms with Crippen molar-refractivity contribution >= 4 is 62.3 Å². The molecule has 1 atom stereocenters. The first-order valence-corrected chi connectivity index (χ1v) is 14.3. The van der Waals surface area contributed by atoms with Crippen molar-refractivity contribution in [2.45, 2.75) is 44.3 Å². The van der Waals surface area contributed by atoms with Gasteiger partial charge in [-0.25, -0.2) is 8.42 Å². The molecule has 0 fully saturated rings. The molecule has 202 valence electrons. The Morgan fingerprint density at radius 1 is 0.868 bits per heavy atom. The number of carbonyl (C=O) groups is 2. The maximum atomic E-state index is 13.8. The van der Waals surface area contributed by atoms with E-state index in [0.717, 1.165) is 4.31 Å². The monoisotopic (exact) mass is 595 g/mol. The largest absolute Gasteiger partial charge is 0.352 e. The van der Waals surface area contributed by atoms with Crippen LogP contribution in [0.1, 0.15) is 26.3 Å². The van der Waals surface area contributed by atoms with Crippen LogP contribution >= 0.6 is 34.8 Å². The van der Waals surface area contributed by atoms with Gasteiger partial charge in [0.2, 0.25) is 11.8 Å². The minimum absolute atomic E-state index is 0.0290. The lowest BCUT2D eigenvalue weighted by Crippen LogP contribution is -2.52. The highest BCUT2D eigenvalue weighted by Crippen LogP contribution is 2.33. The number of amides is 2.